The summed E-state index contributed by atoms with van der Waals surface area (Å²) in [5, 5.41) is 0. The van der Waals surface area contributed by atoms with E-state index in [-0.39, 0.29) is 63.6 Å². The van der Waals surface area contributed by atoms with Crippen LogP contribution in [0.2, 0.25) is 0 Å². The van der Waals surface area contributed by atoms with Gasteiger partial charge in [-0.2, -0.15) is 0 Å². The van der Waals surface area contributed by atoms with Gasteiger partial charge in [-0.1, -0.05) is 12.1 Å². The van der Waals surface area contributed by atoms with Crippen molar-refractivity contribution in [3.8, 4) is 0 Å². The number of carbonyl (C=O) groups is 2. The molecule has 92 valence electrons. The Balaban J connectivity index is 0.00000289. The van der Waals surface area contributed by atoms with Crippen LogP contribution in [0.5, 0.6) is 0 Å². The van der Waals surface area contributed by atoms with E-state index >= 15 is 0 Å². The van der Waals surface area contributed by atoms with Crippen molar-refractivity contribution in [1.82, 2.24) is 0 Å². The van der Waals surface area contributed by atoms with Crippen LogP contribution in [0.15, 0.2) is 24.3 Å². The number of benzene rings is 1. The van der Waals surface area contributed by atoms with Gasteiger partial charge in [0.05, 0.1) is 12.2 Å². The van der Waals surface area contributed by atoms with Crippen LogP contribution in [0, 0.1) is 0 Å². The molecule has 0 aliphatic rings. The Kier molecular flexibility index (Phi) is 7.38. The molecule has 0 N–H and O–H groups in total. The van der Waals surface area contributed by atoms with Gasteiger partial charge in [-0.05, 0) is 24.6 Å². The van der Waals surface area contributed by atoms with Crippen molar-refractivity contribution in [2.45, 2.75) is 6.92 Å². The Labute approximate surface area is 145 Å². The molecule has 0 aromatic heterocycles. The van der Waals surface area contributed by atoms with E-state index in [4.69, 9.17) is 0 Å². The van der Waals surface area contributed by atoms with Gasteiger partial charge in [0.25, 0.3) is 0 Å². The Morgan fingerprint density at radius 3 is 1.94 bits per heavy atom. The predicted octanol–water partition coefficient (Wildman–Crippen LogP) is -0.563. The molecule has 0 fully saturated rings. The maximum absolute atomic E-state index is 12.1. The number of halogens is 3. The van der Waals surface area contributed by atoms with E-state index in [2.05, 4.69) is 4.74 Å². The summed E-state index contributed by atoms with van der Waals surface area (Å²) in [6.45, 7) is -3.76. The Bertz CT molecular complexity index is 431. The predicted molar refractivity (Wildman–Crippen MR) is 55.8 cm³/mol. The molecule has 3 nitrogen and oxygen atoms in total. The van der Waals surface area contributed by atoms with E-state index in [9.17, 15) is 22.5 Å². The Hall–Kier alpha value is -0.149. The summed E-state index contributed by atoms with van der Waals surface area (Å²) < 4.78 is 41.1. The fourth-order valence-electron chi connectivity index (χ4n) is 1.17. The number of ether oxygens (including phenoxy) is 1. The van der Waals surface area contributed by atoms with Gasteiger partial charge in [-0.15, -0.1) is 0 Å². The van der Waals surface area contributed by atoms with E-state index in [0.29, 0.717) is 0 Å². The van der Waals surface area contributed by atoms with Crippen molar-refractivity contribution in [3.05, 3.63) is 35.4 Å². The fourth-order valence-corrected chi connectivity index (χ4v) is 1.17. The molecule has 0 atom stereocenters. The summed E-state index contributed by atoms with van der Waals surface area (Å²) in [4.78, 5) is 22.1. The molecule has 0 saturated heterocycles. The molecule has 0 radical (unpaired) electrons. The molecule has 0 spiro atoms. The van der Waals surface area contributed by atoms with Crippen molar-refractivity contribution in [2.75, 3.05) is 6.61 Å². The van der Waals surface area contributed by atoms with Crippen molar-refractivity contribution in [1.29, 1.82) is 0 Å². The van der Waals surface area contributed by atoms with Crippen LogP contribution in [0.4, 0.5) is 12.9 Å². The summed E-state index contributed by atoms with van der Waals surface area (Å²) in [5.41, 5.74) is -2.25. The second kappa shape index (κ2) is 7.44. The zero-order valence-corrected chi connectivity index (χ0v) is 13.1. The number of hydrogen-bond donors (Lipinski definition) is 0. The van der Waals surface area contributed by atoms with Crippen LogP contribution in [0.3, 0.4) is 0 Å². The van der Waals surface area contributed by atoms with Gasteiger partial charge in [0.2, 0.25) is 0 Å². The molecule has 0 bridgehead atoms. The molecular weight excluding hydrogens is 275 g/mol. The molecule has 0 heterocycles. The second-order valence-electron chi connectivity index (χ2n) is 3.24. The first-order valence-corrected chi connectivity index (χ1v) is 4.87. The van der Waals surface area contributed by atoms with Crippen molar-refractivity contribution >= 4 is 18.6 Å². The van der Waals surface area contributed by atoms with Crippen LogP contribution < -0.4 is 51.4 Å². The van der Waals surface area contributed by atoms with E-state index in [1.54, 1.807) is 6.92 Å². The number of hydrogen-bond acceptors (Lipinski definition) is 3. The summed E-state index contributed by atoms with van der Waals surface area (Å²) >= 11 is 0. The zero-order valence-electron chi connectivity index (χ0n) is 9.95. The molecule has 0 amide bonds. The van der Waals surface area contributed by atoms with Gasteiger partial charge in [0, 0.05) is 0 Å². The third-order valence-electron chi connectivity index (χ3n) is 1.98. The van der Waals surface area contributed by atoms with Gasteiger partial charge < -0.3 is 22.5 Å². The summed E-state index contributed by atoms with van der Waals surface area (Å²) in [7, 11) is 0. The summed E-state index contributed by atoms with van der Waals surface area (Å²) in [5.74, 6) is -0.635. The van der Waals surface area contributed by atoms with E-state index in [1.165, 1.54) is 0 Å². The smallest absolute Gasteiger partial charge is 0.462 e. The average molecular weight is 284 g/mol. The summed E-state index contributed by atoms with van der Waals surface area (Å²) in [6, 6.07) is 4.19. The quantitative estimate of drug-likeness (QED) is 0.550. The van der Waals surface area contributed by atoms with Gasteiger partial charge >= 0.3 is 64.3 Å². The van der Waals surface area contributed by atoms with E-state index in [0.717, 1.165) is 24.3 Å². The first kappa shape index (κ1) is 17.9. The SMILES string of the molecule is CCOC(=O)c1ccc(C(=O)[B-](F)(F)F)cc1.[K+]. The maximum atomic E-state index is 12.1. The monoisotopic (exact) mass is 284 g/mol. The van der Waals surface area contributed by atoms with Gasteiger partial charge in [-0.25, -0.2) is 4.79 Å². The van der Waals surface area contributed by atoms with Crippen LogP contribution >= 0.6 is 0 Å². The molecule has 0 saturated carbocycles. The van der Waals surface area contributed by atoms with Crippen LogP contribution in [-0.2, 0) is 4.74 Å². The van der Waals surface area contributed by atoms with Crippen LogP contribution in [-0.4, -0.2) is 25.2 Å². The largest absolute Gasteiger partial charge is 1.00 e. The maximum Gasteiger partial charge on any atom is 1.00 e. The first-order valence-electron chi connectivity index (χ1n) is 4.87. The molecule has 1 rings (SSSR count). The molecule has 0 aliphatic heterocycles. The van der Waals surface area contributed by atoms with E-state index in [1.807, 2.05) is 0 Å². The first-order chi connectivity index (χ1) is 7.86. The van der Waals surface area contributed by atoms with E-state index < -0.39 is 24.2 Å². The summed E-state index contributed by atoms with van der Waals surface area (Å²) in [6.07, 6.45) is 0. The molecule has 8 heteroatoms. The van der Waals surface area contributed by atoms with Gasteiger partial charge in [0.1, 0.15) is 5.68 Å². The minimum absolute atomic E-state index is 0. The van der Waals surface area contributed by atoms with Gasteiger partial charge in [0.15, 0.2) is 0 Å². The number of rotatable bonds is 4. The van der Waals surface area contributed by atoms with Gasteiger partial charge in [-0.3, -0.25) is 0 Å². The zero-order chi connectivity index (χ0) is 13.1. The average Bonchev–Trinajstić information content (AvgIpc) is 2.27. The molecular formula is C10H9BF3KO3. The minimum Gasteiger partial charge on any atom is -0.462 e. The topological polar surface area (TPSA) is 43.4 Å². The molecule has 1 aromatic carbocycles. The van der Waals surface area contributed by atoms with Crippen molar-refractivity contribution < 1.29 is 78.7 Å². The fraction of sp³-hybridized carbons (Fsp3) is 0.200. The minimum atomic E-state index is -5.54. The third kappa shape index (κ3) is 4.85. The molecule has 1 aromatic rings. The third-order valence-corrected chi connectivity index (χ3v) is 1.98. The molecule has 18 heavy (non-hydrogen) atoms. The van der Waals surface area contributed by atoms with Crippen molar-refractivity contribution in [2.24, 2.45) is 0 Å². The molecule has 0 unspecified atom stereocenters. The second-order valence-corrected chi connectivity index (χ2v) is 3.24. The Morgan fingerprint density at radius 2 is 1.56 bits per heavy atom. The Morgan fingerprint density at radius 1 is 1.11 bits per heavy atom. The number of carbonyl (C=O) groups excluding carboxylic acids is 2. The molecule has 0 aliphatic carbocycles. The van der Waals surface area contributed by atoms with Crippen LogP contribution in [0.1, 0.15) is 27.6 Å². The standard InChI is InChI=1S/C10H9BF3O3.K/c1-2-17-10(16)8-5-3-7(4-6-8)9(15)11(12,13)14;/h3-6H,2H2,1H3;/q-1;+1. The van der Waals surface area contributed by atoms with Crippen LogP contribution in [0.25, 0.3) is 0 Å². The normalized spacial score (nSPS) is 10.4. The van der Waals surface area contributed by atoms with Crippen molar-refractivity contribution in [3.63, 3.8) is 0 Å². The number of esters is 1.